The molecule has 0 unspecified atom stereocenters. The molecule has 2 rings (SSSR count). The summed E-state index contributed by atoms with van der Waals surface area (Å²) in [5, 5.41) is 2.80. The van der Waals surface area contributed by atoms with Gasteiger partial charge in [-0.15, -0.1) is 0 Å². The summed E-state index contributed by atoms with van der Waals surface area (Å²) in [6.45, 7) is 2.83. The number of methoxy groups -OCH3 is 1. The normalized spacial score (nSPS) is 10.2. The summed E-state index contributed by atoms with van der Waals surface area (Å²) in [4.78, 5) is 24.1. The van der Waals surface area contributed by atoms with Gasteiger partial charge in [-0.05, 0) is 43.2 Å². The fourth-order valence-electron chi connectivity index (χ4n) is 2.49. The highest BCUT2D eigenvalue weighted by molar-refractivity contribution is 5.94. The second kappa shape index (κ2) is 11.6. The van der Waals surface area contributed by atoms with Gasteiger partial charge in [-0.1, -0.05) is 31.5 Å². The number of hydrogen-bond acceptors (Lipinski definition) is 5. The predicted molar refractivity (Wildman–Crippen MR) is 108 cm³/mol. The van der Waals surface area contributed by atoms with Gasteiger partial charge in [-0.3, -0.25) is 4.79 Å². The molecule has 0 aliphatic carbocycles. The fraction of sp³-hybridized carbons (Fsp3) is 0.364. The molecule has 0 bridgehead atoms. The van der Waals surface area contributed by atoms with Crippen LogP contribution in [0.25, 0.3) is 0 Å². The molecule has 28 heavy (non-hydrogen) atoms. The largest absolute Gasteiger partial charge is 0.493 e. The molecule has 0 fully saturated rings. The number of carbonyl (C=O) groups is 2. The van der Waals surface area contributed by atoms with Crippen molar-refractivity contribution in [2.45, 2.75) is 32.6 Å². The Hall–Kier alpha value is -3.02. The monoisotopic (exact) mass is 385 g/mol. The number of esters is 1. The second-order valence-electron chi connectivity index (χ2n) is 6.22. The van der Waals surface area contributed by atoms with Crippen molar-refractivity contribution in [2.24, 2.45) is 0 Å². The van der Waals surface area contributed by atoms with Crippen LogP contribution in [0.5, 0.6) is 11.5 Å². The zero-order chi connectivity index (χ0) is 20.2. The molecule has 0 aliphatic heterocycles. The minimum absolute atomic E-state index is 0.139. The molecule has 1 N–H and O–H groups in total. The average molecular weight is 385 g/mol. The van der Waals surface area contributed by atoms with E-state index >= 15 is 0 Å². The maximum absolute atomic E-state index is 12.1. The quantitative estimate of drug-likeness (QED) is 0.457. The molecule has 6 heteroatoms. The number of rotatable bonds is 11. The molecule has 1 amide bonds. The van der Waals surface area contributed by atoms with Crippen molar-refractivity contribution in [1.29, 1.82) is 0 Å². The standard InChI is InChI=1S/C22H27NO5/c1-3-4-14-28-22(25)17-9-7-10-18(16-17)23-21(24)13-8-15-27-20-12-6-5-11-19(20)26-2/h5-7,9-12,16H,3-4,8,13-15H2,1-2H3,(H,23,24). The van der Waals surface area contributed by atoms with Crippen molar-refractivity contribution in [2.75, 3.05) is 25.6 Å². The number of nitrogens with one attached hydrogen (secondary N) is 1. The molecule has 0 heterocycles. The number of anilines is 1. The van der Waals surface area contributed by atoms with Gasteiger partial charge in [0.05, 0.1) is 25.9 Å². The van der Waals surface area contributed by atoms with Crippen LogP contribution >= 0.6 is 0 Å². The number of unbranched alkanes of at least 4 members (excludes halogenated alkanes) is 1. The van der Waals surface area contributed by atoms with Crippen LogP contribution in [0.2, 0.25) is 0 Å². The first-order valence-electron chi connectivity index (χ1n) is 9.47. The maximum atomic E-state index is 12.1. The fourth-order valence-corrected chi connectivity index (χ4v) is 2.49. The molecule has 6 nitrogen and oxygen atoms in total. The van der Waals surface area contributed by atoms with Crippen molar-refractivity contribution < 1.29 is 23.8 Å². The van der Waals surface area contributed by atoms with Gasteiger partial charge in [0.25, 0.3) is 0 Å². The lowest BCUT2D eigenvalue weighted by Gasteiger charge is -2.10. The topological polar surface area (TPSA) is 73.9 Å². The number of carbonyl (C=O) groups excluding carboxylic acids is 2. The van der Waals surface area contributed by atoms with Gasteiger partial charge in [0, 0.05) is 12.1 Å². The van der Waals surface area contributed by atoms with Crippen LogP contribution in [0.1, 0.15) is 43.0 Å². The van der Waals surface area contributed by atoms with Crippen molar-refractivity contribution >= 4 is 17.6 Å². The van der Waals surface area contributed by atoms with Crippen molar-refractivity contribution in [3.63, 3.8) is 0 Å². The molecular formula is C22H27NO5. The van der Waals surface area contributed by atoms with Crippen LogP contribution in [0.4, 0.5) is 5.69 Å². The van der Waals surface area contributed by atoms with E-state index in [1.54, 1.807) is 31.4 Å². The van der Waals surface area contributed by atoms with Crippen molar-refractivity contribution in [3.05, 3.63) is 54.1 Å². The van der Waals surface area contributed by atoms with E-state index in [2.05, 4.69) is 5.32 Å². The minimum Gasteiger partial charge on any atom is -0.493 e. The Balaban J connectivity index is 1.76. The lowest BCUT2D eigenvalue weighted by atomic mass is 10.2. The van der Waals surface area contributed by atoms with Crippen LogP contribution in [-0.2, 0) is 9.53 Å². The van der Waals surface area contributed by atoms with Crippen LogP contribution in [0.15, 0.2) is 48.5 Å². The van der Waals surface area contributed by atoms with E-state index in [-0.39, 0.29) is 11.9 Å². The molecule has 0 saturated carbocycles. The lowest BCUT2D eigenvalue weighted by molar-refractivity contribution is -0.116. The summed E-state index contributed by atoms with van der Waals surface area (Å²) in [6, 6.07) is 14.1. The predicted octanol–water partition coefficient (Wildman–Crippen LogP) is 4.45. The Morgan fingerprint density at radius 1 is 0.964 bits per heavy atom. The summed E-state index contributed by atoms with van der Waals surface area (Å²) >= 11 is 0. The Bertz CT molecular complexity index is 775. The van der Waals surface area contributed by atoms with Crippen molar-refractivity contribution in [1.82, 2.24) is 0 Å². The third-order valence-corrected chi connectivity index (χ3v) is 3.99. The SMILES string of the molecule is CCCCOC(=O)c1cccc(NC(=O)CCCOc2ccccc2OC)c1. The number of benzene rings is 2. The first kappa shape index (κ1) is 21.3. The Morgan fingerprint density at radius 3 is 2.50 bits per heavy atom. The van der Waals surface area contributed by atoms with Gasteiger partial charge >= 0.3 is 5.97 Å². The zero-order valence-electron chi connectivity index (χ0n) is 16.4. The van der Waals surface area contributed by atoms with Crippen molar-refractivity contribution in [3.8, 4) is 11.5 Å². The minimum atomic E-state index is -0.380. The summed E-state index contributed by atoms with van der Waals surface area (Å²) in [6.07, 6.45) is 2.66. The highest BCUT2D eigenvalue weighted by Gasteiger charge is 2.09. The van der Waals surface area contributed by atoms with E-state index in [9.17, 15) is 9.59 Å². The van der Waals surface area contributed by atoms with Crippen LogP contribution in [0.3, 0.4) is 0 Å². The molecule has 150 valence electrons. The van der Waals surface area contributed by atoms with Gasteiger partial charge in [0.2, 0.25) is 5.91 Å². The number of hydrogen-bond donors (Lipinski definition) is 1. The molecule has 0 saturated heterocycles. The van der Waals surface area contributed by atoms with Gasteiger partial charge in [0.15, 0.2) is 11.5 Å². The third kappa shape index (κ3) is 6.95. The number of amides is 1. The summed E-state index contributed by atoms with van der Waals surface area (Å²) < 4.78 is 16.1. The molecule has 0 aromatic heterocycles. The van der Waals surface area contributed by atoms with Gasteiger partial charge in [0.1, 0.15) is 0 Å². The number of para-hydroxylation sites is 2. The van der Waals surface area contributed by atoms with E-state index in [1.807, 2.05) is 31.2 Å². The second-order valence-corrected chi connectivity index (χ2v) is 6.22. The number of ether oxygens (including phenoxy) is 3. The Labute approximate surface area is 165 Å². The van der Waals surface area contributed by atoms with Gasteiger partial charge in [-0.2, -0.15) is 0 Å². The Morgan fingerprint density at radius 2 is 1.75 bits per heavy atom. The van der Waals surface area contributed by atoms with E-state index in [0.29, 0.717) is 48.8 Å². The van der Waals surface area contributed by atoms with E-state index < -0.39 is 0 Å². The molecule has 0 aliphatic rings. The molecule has 2 aromatic carbocycles. The van der Waals surface area contributed by atoms with E-state index in [1.165, 1.54) is 0 Å². The lowest BCUT2D eigenvalue weighted by Crippen LogP contribution is -2.14. The zero-order valence-corrected chi connectivity index (χ0v) is 16.4. The first-order valence-corrected chi connectivity index (χ1v) is 9.47. The van der Waals surface area contributed by atoms with Gasteiger partial charge < -0.3 is 19.5 Å². The Kier molecular flexibility index (Phi) is 8.85. The van der Waals surface area contributed by atoms with Crippen LogP contribution < -0.4 is 14.8 Å². The highest BCUT2D eigenvalue weighted by Crippen LogP contribution is 2.25. The maximum Gasteiger partial charge on any atom is 0.338 e. The molecule has 0 spiro atoms. The van der Waals surface area contributed by atoms with E-state index in [4.69, 9.17) is 14.2 Å². The summed E-state index contributed by atoms with van der Waals surface area (Å²) in [7, 11) is 1.59. The van der Waals surface area contributed by atoms with E-state index in [0.717, 1.165) is 12.8 Å². The van der Waals surface area contributed by atoms with Gasteiger partial charge in [-0.25, -0.2) is 4.79 Å². The molecule has 2 aromatic rings. The van der Waals surface area contributed by atoms with Crippen LogP contribution in [-0.4, -0.2) is 32.2 Å². The highest BCUT2D eigenvalue weighted by atomic mass is 16.5. The van der Waals surface area contributed by atoms with Crippen LogP contribution in [0, 0.1) is 0 Å². The summed E-state index contributed by atoms with van der Waals surface area (Å²) in [5.74, 6) is 0.796. The molecule has 0 radical (unpaired) electrons. The first-order chi connectivity index (χ1) is 13.6. The summed E-state index contributed by atoms with van der Waals surface area (Å²) in [5.41, 5.74) is 0.994. The average Bonchev–Trinajstić information content (AvgIpc) is 2.71. The molecular weight excluding hydrogens is 358 g/mol. The molecule has 0 atom stereocenters. The smallest absolute Gasteiger partial charge is 0.338 e. The third-order valence-electron chi connectivity index (χ3n) is 3.99.